The minimum absolute atomic E-state index is 0.195. The van der Waals surface area contributed by atoms with Crippen LogP contribution in [-0.4, -0.2) is 5.11 Å². The summed E-state index contributed by atoms with van der Waals surface area (Å²) in [4.78, 5) is 0. The molecule has 2 heteroatoms. The van der Waals surface area contributed by atoms with E-state index in [-0.39, 0.29) is 5.82 Å². The van der Waals surface area contributed by atoms with E-state index in [2.05, 4.69) is 32.0 Å². The van der Waals surface area contributed by atoms with Crippen LogP contribution in [0, 0.1) is 19.7 Å². The van der Waals surface area contributed by atoms with Crippen LogP contribution in [0.1, 0.15) is 34.2 Å². The number of benzene rings is 2. The largest absolute Gasteiger partial charge is 0.385 e. The third kappa shape index (κ3) is 2.14. The number of hydrogen-bond acceptors (Lipinski definition) is 1. The molecule has 1 aliphatic carbocycles. The molecule has 20 heavy (non-hydrogen) atoms. The summed E-state index contributed by atoms with van der Waals surface area (Å²) in [5, 5.41) is 11.0. The van der Waals surface area contributed by atoms with Crippen molar-refractivity contribution in [2.75, 3.05) is 0 Å². The Morgan fingerprint density at radius 3 is 2.80 bits per heavy atom. The summed E-state index contributed by atoms with van der Waals surface area (Å²) in [5.41, 5.74) is 4.01. The van der Waals surface area contributed by atoms with Crippen LogP contribution >= 0.6 is 0 Å². The summed E-state index contributed by atoms with van der Waals surface area (Å²) >= 11 is 0. The van der Waals surface area contributed by atoms with Crippen molar-refractivity contribution in [3.63, 3.8) is 0 Å². The van der Waals surface area contributed by atoms with Gasteiger partial charge in [0.25, 0.3) is 0 Å². The van der Waals surface area contributed by atoms with E-state index in [0.717, 1.165) is 11.1 Å². The maximum Gasteiger partial charge on any atom is 0.126 e. The standard InChI is InChI=1S/C18H19FO/c1-12-6-7-13(2)14(10-12)11-18(20)9-8-15-16(18)4-3-5-17(15)19/h3-7,10,20H,8-9,11H2,1-2H3. The number of fused-ring (bicyclic) bond motifs is 1. The van der Waals surface area contributed by atoms with Gasteiger partial charge in [0.15, 0.2) is 0 Å². The van der Waals surface area contributed by atoms with Crippen LogP contribution in [-0.2, 0) is 18.4 Å². The van der Waals surface area contributed by atoms with Gasteiger partial charge >= 0.3 is 0 Å². The maximum absolute atomic E-state index is 13.8. The molecule has 2 aromatic carbocycles. The van der Waals surface area contributed by atoms with Crippen molar-refractivity contribution in [2.45, 2.75) is 38.7 Å². The molecule has 0 aromatic heterocycles. The van der Waals surface area contributed by atoms with Gasteiger partial charge in [-0.2, -0.15) is 0 Å². The quantitative estimate of drug-likeness (QED) is 0.879. The Balaban J connectivity index is 2.00. The van der Waals surface area contributed by atoms with Crippen molar-refractivity contribution in [3.8, 4) is 0 Å². The van der Waals surface area contributed by atoms with Gasteiger partial charge in [0.2, 0.25) is 0 Å². The van der Waals surface area contributed by atoms with Gasteiger partial charge in [-0.1, -0.05) is 35.9 Å². The molecule has 0 bridgehead atoms. The number of halogens is 1. The third-order valence-corrected chi connectivity index (χ3v) is 4.40. The zero-order valence-corrected chi connectivity index (χ0v) is 11.9. The first-order valence-electron chi connectivity index (χ1n) is 7.06. The van der Waals surface area contributed by atoms with Crippen molar-refractivity contribution in [2.24, 2.45) is 0 Å². The Morgan fingerprint density at radius 2 is 2.00 bits per heavy atom. The van der Waals surface area contributed by atoms with Crippen molar-refractivity contribution in [1.82, 2.24) is 0 Å². The van der Waals surface area contributed by atoms with Crippen molar-refractivity contribution in [3.05, 3.63) is 70.0 Å². The summed E-state index contributed by atoms with van der Waals surface area (Å²) < 4.78 is 13.8. The first-order chi connectivity index (χ1) is 9.49. The van der Waals surface area contributed by atoms with E-state index in [4.69, 9.17) is 0 Å². The predicted molar refractivity (Wildman–Crippen MR) is 78.2 cm³/mol. The Labute approximate surface area is 119 Å². The summed E-state index contributed by atoms with van der Waals surface area (Å²) in [6, 6.07) is 11.3. The first-order valence-corrected chi connectivity index (χ1v) is 7.06. The highest BCUT2D eigenvalue weighted by atomic mass is 19.1. The lowest BCUT2D eigenvalue weighted by atomic mass is 9.86. The van der Waals surface area contributed by atoms with Gasteiger partial charge in [-0.05, 0) is 55.0 Å². The minimum Gasteiger partial charge on any atom is -0.385 e. The molecule has 0 fully saturated rings. The predicted octanol–water partition coefficient (Wildman–Crippen LogP) is 3.82. The second-order valence-corrected chi connectivity index (χ2v) is 5.90. The fourth-order valence-electron chi connectivity index (χ4n) is 3.20. The molecule has 0 heterocycles. The van der Waals surface area contributed by atoms with E-state index in [0.29, 0.717) is 24.8 Å². The highest BCUT2D eigenvalue weighted by Crippen LogP contribution is 2.40. The summed E-state index contributed by atoms with van der Waals surface area (Å²) in [6.45, 7) is 4.11. The number of hydrogen-bond donors (Lipinski definition) is 1. The van der Waals surface area contributed by atoms with Gasteiger partial charge in [-0.25, -0.2) is 4.39 Å². The average molecular weight is 270 g/mol. The average Bonchev–Trinajstić information content (AvgIpc) is 2.73. The molecule has 104 valence electrons. The molecular weight excluding hydrogens is 251 g/mol. The lowest BCUT2D eigenvalue weighted by Gasteiger charge is -2.25. The molecule has 1 atom stereocenters. The third-order valence-electron chi connectivity index (χ3n) is 4.40. The Hall–Kier alpha value is -1.67. The molecule has 1 N–H and O–H groups in total. The zero-order valence-electron chi connectivity index (χ0n) is 11.9. The number of rotatable bonds is 2. The van der Waals surface area contributed by atoms with Crippen LogP contribution in [0.3, 0.4) is 0 Å². The summed E-state index contributed by atoms with van der Waals surface area (Å²) in [7, 11) is 0. The maximum atomic E-state index is 13.8. The van der Waals surface area contributed by atoms with E-state index in [1.807, 2.05) is 6.07 Å². The molecule has 3 rings (SSSR count). The molecule has 0 radical (unpaired) electrons. The zero-order chi connectivity index (χ0) is 14.3. The monoisotopic (exact) mass is 270 g/mol. The fraction of sp³-hybridized carbons (Fsp3) is 0.333. The normalized spacial score (nSPS) is 21.0. The highest BCUT2D eigenvalue weighted by molar-refractivity contribution is 5.41. The fourth-order valence-corrected chi connectivity index (χ4v) is 3.20. The second kappa shape index (κ2) is 4.71. The van der Waals surface area contributed by atoms with Crippen molar-refractivity contribution >= 4 is 0 Å². The molecule has 0 spiro atoms. The van der Waals surface area contributed by atoms with Gasteiger partial charge in [-0.15, -0.1) is 0 Å². The molecule has 1 nitrogen and oxygen atoms in total. The lowest BCUT2D eigenvalue weighted by molar-refractivity contribution is 0.0388. The SMILES string of the molecule is Cc1ccc(C)c(CC2(O)CCc3c(F)cccc32)c1. The van der Waals surface area contributed by atoms with E-state index in [1.54, 1.807) is 6.07 Å². The Morgan fingerprint density at radius 1 is 1.20 bits per heavy atom. The van der Waals surface area contributed by atoms with Crippen molar-refractivity contribution in [1.29, 1.82) is 0 Å². The molecule has 1 unspecified atom stereocenters. The number of aryl methyl sites for hydroxylation is 2. The van der Waals surface area contributed by atoms with Crippen LogP contribution in [0.5, 0.6) is 0 Å². The lowest BCUT2D eigenvalue weighted by Crippen LogP contribution is -2.25. The topological polar surface area (TPSA) is 20.2 Å². The van der Waals surface area contributed by atoms with Crippen LogP contribution in [0.15, 0.2) is 36.4 Å². The van der Waals surface area contributed by atoms with E-state index in [9.17, 15) is 9.50 Å². The first kappa shape index (κ1) is 13.3. The van der Waals surface area contributed by atoms with Gasteiger partial charge in [0.1, 0.15) is 5.82 Å². The molecule has 0 saturated carbocycles. The van der Waals surface area contributed by atoms with Gasteiger partial charge in [-0.3, -0.25) is 0 Å². The number of aliphatic hydroxyl groups is 1. The second-order valence-electron chi connectivity index (χ2n) is 5.90. The highest BCUT2D eigenvalue weighted by Gasteiger charge is 2.38. The van der Waals surface area contributed by atoms with E-state index < -0.39 is 5.60 Å². The van der Waals surface area contributed by atoms with Gasteiger partial charge < -0.3 is 5.11 Å². The van der Waals surface area contributed by atoms with Crippen LogP contribution in [0.25, 0.3) is 0 Å². The molecule has 1 aliphatic rings. The van der Waals surface area contributed by atoms with E-state index >= 15 is 0 Å². The molecule has 0 aliphatic heterocycles. The smallest absolute Gasteiger partial charge is 0.126 e. The van der Waals surface area contributed by atoms with Gasteiger partial charge in [0.05, 0.1) is 5.60 Å². The van der Waals surface area contributed by atoms with Crippen LogP contribution < -0.4 is 0 Å². The van der Waals surface area contributed by atoms with Gasteiger partial charge in [0, 0.05) is 6.42 Å². The summed E-state index contributed by atoms with van der Waals surface area (Å²) in [6.07, 6.45) is 1.76. The molecule has 2 aromatic rings. The molecular formula is C18H19FO. The Bertz CT molecular complexity index is 662. The van der Waals surface area contributed by atoms with Crippen LogP contribution in [0.4, 0.5) is 4.39 Å². The minimum atomic E-state index is -0.935. The Kier molecular flexibility index (Phi) is 3.14. The van der Waals surface area contributed by atoms with Crippen LogP contribution in [0.2, 0.25) is 0 Å². The molecule has 0 amide bonds. The molecule has 0 saturated heterocycles. The summed E-state index contributed by atoms with van der Waals surface area (Å²) in [5.74, 6) is -0.195. The van der Waals surface area contributed by atoms with E-state index in [1.165, 1.54) is 17.2 Å². The van der Waals surface area contributed by atoms with Crippen molar-refractivity contribution < 1.29 is 9.50 Å².